The van der Waals surface area contributed by atoms with Crippen LogP contribution in [0.25, 0.3) is 0 Å². The number of nitrogens with one attached hydrogen (secondary N) is 1. The minimum Gasteiger partial charge on any atom is -0.368 e. The molecule has 1 unspecified atom stereocenters. The summed E-state index contributed by atoms with van der Waals surface area (Å²) in [6.45, 7) is 5.12. The van der Waals surface area contributed by atoms with Crippen LogP contribution in [0.15, 0.2) is 15.5 Å². The van der Waals surface area contributed by atoms with Gasteiger partial charge in [-0.3, -0.25) is 4.79 Å². The van der Waals surface area contributed by atoms with E-state index in [-0.39, 0.29) is 5.56 Å². The minimum atomic E-state index is -0.0852. The van der Waals surface area contributed by atoms with Gasteiger partial charge in [0.1, 0.15) is 4.47 Å². The molecule has 1 aromatic rings. The Kier molecular flexibility index (Phi) is 4.99. The first-order chi connectivity index (χ1) is 9.13. The molecular formula is C13H21BrN4O. The normalized spacial score (nSPS) is 18.8. The lowest BCUT2D eigenvalue weighted by Gasteiger charge is -2.28. The van der Waals surface area contributed by atoms with Gasteiger partial charge in [-0.2, -0.15) is 5.10 Å². The zero-order valence-corrected chi connectivity index (χ0v) is 13.1. The fraction of sp³-hybridized carbons (Fsp3) is 0.692. The molecule has 1 saturated heterocycles. The van der Waals surface area contributed by atoms with Crippen molar-refractivity contribution in [3.8, 4) is 0 Å². The second-order valence-corrected chi connectivity index (χ2v) is 5.80. The van der Waals surface area contributed by atoms with Gasteiger partial charge in [-0.25, -0.2) is 4.68 Å². The summed E-state index contributed by atoms with van der Waals surface area (Å²) in [4.78, 5) is 14.2. The molecule has 1 fully saturated rings. The monoisotopic (exact) mass is 328 g/mol. The third-order valence-electron chi connectivity index (χ3n) is 3.50. The number of halogens is 1. The Hall–Kier alpha value is -0.880. The number of anilines is 1. The van der Waals surface area contributed by atoms with Crippen LogP contribution < -0.4 is 15.8 Å². The third kappa shape index (κ3) is 3.36. The molecule has 1 N–H and O–H groups in total. The smallest absolute Gasteiger partial charge is 0.282 e. The Balaban J connectivity index is 2.22. The molecule has 1 atom stereocenters. The summed E-state index contributed by atoms with van der Waals surface area (Å²) >= 11 is 3.42. The van der Waals surface area contributed by atoms with E-state index in [0.717, 1.165) is 31.7 Å². The van der Waals surface area contributed by atoms with E-state index in [1.807, 2.05) is 0 Å². The highest BCUT2D eigenvalue weighted by molar-refractivity contribution is 9.10. The molecule has 1 aliphatic rings. The fourth-order valence-corrected chi connectivity index (χ4v) is 3.09. The van der Waals surface area contributed by atoms with Crippen LogP contribution in [0.3, 0.4) is 0 Å². The standard InChI is InChI=1S/C13H21BrN4O/c1-3-7-18(9-10-5-4-6-15-10)11-8-16-17(2)13(19)12(11)14/h8,10,15H,3-7,9H2,1-2H3. The molecule has 6 heteroatoms. The van der Waals surface area contributed by atoms with Gasteiger partial charge in [0.05, 0.1) is 11.9 Å². The Morgan fingerprint density at radius 2 is 2.42 bits per heavy atom. The molecule has 0 radical (unpaired) electrons. The van der Waals surface area contributed by atoms with Crippen molar-refractivity contribution in [1.29, 1.82) is 0 Å². The van der Waals surface area contributed by atoms with Crippen molar-refractivity contribution < 1.29 is 0 Å². The fourth-order valence-electron chi connectivity index (χ4n) is 2.48. The number of hydrogen-bond donors (Lipinski definition) is 1. The van der Waals surface area contributed by atoms with Crippen molar-refractivity contribution >= 4 is 21.6 Å². The predicted molar refractivity (Wildman–Crippen MR) is 80.7 cm³/mol. The maximum Gasteiger partial charge on any atom is 0.282 e. The molecular weight excluding hydrogens is 308 g/mol. The maximum absolute atomic E-state index is 11.9. The highest BCUT2D eigenvalue weighted by atomic mass is 79.9. The topological polar surface area (TPSA) is 50.2 Å². The summed E-state index contributed by atoms with van der Waals surface area (Å²) in [7, 11) is 1.67. The van der Waals surface area contributed by atoms with Crippen LogP contribution >= 0.6 is 15.9 Å². The zero-order valence-electron chi connectivity index (χ0n) is 11.5. The molecule has 0 bridgehead atoms. The van der Waals surface area contributed by atoms with E-state index in [4.69, 9.17) is 0 Å². The quantitative estimate of drug-likeness (QED) is 0.890. The Morgan fingerprint density at radius 1 is 1.63 bits per heavy atom. The summed E-state index contributed by atoms with van der Waals surface area (Å²) < 4.78 is 1.96. The van der Waals surface area contributed by atoms with E-state index in [2.05, 4.69) is 38.2 Å². The molecule has 0 saturated carbocycles. The Morgan fingerprint density at radius 3 is 3.05 bits per heavy atom. The molecule has 0 aromatic carbocycles. The van der Waals surface area contributed by atoms with Gasteiger partial charge in [0.25, 0.3) is 5.56 Å². The van der Waals surface area contributed by atoms with Crippen molar-refractivity contribution in [1.82, 2.24) is 15.1 Å². The molecule has 19 heavy (non-hydrogen) atoms. The van der Waals surface area contributed by atoms with Gasteiger partial charge in [-0.1, -0.05) is 6.92 Å². The van der Waals surface area contributed by atoms with E-state index < -0.39 is 0 Å². The van der Waals surface area contributed by atoms with Gasteiger partial charge in [0.2, 0.25) is 0 Å². The van der Waals surface area contributed by atoms with E-state index >= 15 is 0 Å². The molecule has 0 amide bonds. The van der Waals surface area contributed by atoms with Crippen molar-refractivity contribution in [2.75, 3.05) is 24.5 Å². The van der Waals surface area contributed by atoms with Gasteiger partial charge in [-0.05, 0) is 41.7 Å². The number of aromatic nitrogens is 2. The summed E-state index contributed by atoms with van der Waals surface area (Å²) in [6.07, 6.45) is 5.27. The van der Waals surface area contributed by atoms with Gasteiger partial charge in [0.15, 0.2) is 0 Å². The van der Waals surface area contributed by atoms with Gasteiger partial charge in [-0.15, -0.1) is 0 Å². The summed E-state index contributed by atoms with van der Waals surface area (Å²) in [6, 6.07) is 0.516. The van der Waals surface area contributed by atoms with Crippen molar-refractivity contribution in [3.63, 3.8) is 0 Å². The first kappa shape index (κ1) is 14.5. The lowest BCUT2D eigenvalue weighted by molar-refractivity contribution is 0.575. The molecule has 5 nitrogen and oxygen atoms in total. The number of nitrogens with zero attached hydrogens (tertiary/aromatic N) is 3. The highest BCUT2D eigenvalue weighted by Gasteiger charge is 2.20. The van der Waals surface area contributed by atoms with Crippen molar-refractivity contribution in [2.24, 2.45) is 7.05 Å². The van der Waals surface area contributed by atoms with Crippen LogP contribution in [-0.2, 0) is 7.05 Å². The molecule has 0 aliphatic carbocycles. The van der Waals surface area contributed by atoms with Crippen LogP contribution in [0.1, 0.15) is 26.2 Å². The lowest BCUT2D eigenvalue weighted by Crippen LogP contribution is -2.39. The summed E-state index contributed by atoms with van der Waals surface area (Å²) in [5.41, 5.74) is 0.816. The minimum absolute atomic E-state index is 0.0852. The first-order valence-corrected chi connectivity index (χ1v) is 7.63. The zero-order chi connectivity index (χ0) is 13.8. The molecule has 1 aliphatic heterocycles. The second-order valence-electron chi connectivity index (χ2n) is 5.01. The Bertz CT molecular complexity index is 482. The van der Waals surface area contributed by atoms with E-state index in [1.165, 1.54) is 17.5 Å². The molecule has 106 valence electrons. The average molecular weight is 329 g/mol. The second kappa shape index (κ2) is 6.52. The number of hydrogen-bond acceptors (Lipinski definition) is 4. The summed E-state index contributed by atoms with van der Waals surface area (Å²) in [5, 5.41) is 7.63. The largest absolute Gasteiger partial charge is 0.368 e. The van der Waals surface area contributed by atoms with Gasteiger partial charge in [0, 0.05) is 26.2 Å². The maximum atomic E-state index is 11.9. The molecule has 2 rings (SSSR count). The van der Waals surface area contributed by atoms with Crippen LogP contribution in [0, 0.1) is 0 Å². The SMILES string of the molecule is CCCN(CC1CCCN1)c1cnn(C)c(=O)c1Br. The molecule has 2 heterocycles. The van der Waals surface area contributed by atoms with Crippen molar-refractivity contribution in [3.05, 3.63) is 21.0 Å². The van der Waals surface area contributed by atoms with Crippen LogP contribution in [0.4, 0.5) is 5.69 Å². The average Bonchev–Trinajstić information content (AvgIpc) is 2.89. The third-order valence-corrected chi connectivity index (χ3v) is 4.24. The van der Waals surface area contributed by atoms with Crippen molar-refractivity contribution in [2.45, 2.75) is 32.2 Å². The van der Waals surface area contributed by atoms with Gasteiger partial charge < -0.3 is 10.2 Å². The highest BCUT2D eigenvalue weighted by Crippen LogP contribution is 2.23. The van der Waals surface area contributed by atoms with E-state index in [1.54, 1.807) is 13.2 Å². The van der Waals surface area contributed by atoms with Crippen LogP contribution in [-0.4, -0.2) is 35.5 Å². The van der Waals surface area contributed by atoms with E-state index in [9.17, 15) is 4.79 Å². The van der Waals surface area contributed by atoms with E-state index in [0.29, 0.717) is 10.5 Å². The molecule has 0 spiro atoms. The van der Waals surface area contributed by atoms with Crippen LogP contribution in [0.5, 0.6) is 0 Å². The summed E-state index contributed by atoms with van der Waals surface area (Å²) in [5.74, 6) is 0. The Labute approximate surface area is 122 Å². The number of aryl methyl sites for hydroxylation is 1. The van der Waals surface area contributed by atoms with Gasteiger partial charge >= 0.3 is 0 Å². The predicted octanol–water partition coefficient (Wildman–Crippen LogP) is 1.51. The van der Waals surface area contributed by atoms with Crippen LogP contribution in [0.2, 0.25) is 0 Å². The number of rotatable bonds is 5. The first-order valence-electron chi connectivity index (χ1n) is 6.83. The lowest BCUT2D eigenvalue weighted by atomic mass is 10.2. The molecule has 1 aromatic heterocycles.